The van der Waals surface area contributed by atoms with E-state index in [0.29, 0.717) is 24.9 Å². The molecule has 0 N–H and O–H groups in total. The van der Waals surface area contributed by atoms with E-state index in [9.17, 15) is 4.79 Å². The van der Waals surface area contributed by atoms with Gasteiger partial charge < -0.3 is 9.64 Å². The molecule has 1 saturated carbocycles. The number of anilines is 1. The SMILES string of the molecule is CCOc1cccc(N2CC3CC(C)(C)[C@H]2CC3=O)c1. The molecular weight excluding hydrogens is 250 g/mol. The first-order valence-electron chi connectivity index (χ1n) is 7.53. The van der Waals surface area contributed by atoms with Crippen LogP contribution in [0.25, 0.3) is 0 Å². The molecular formula is C17H23NO2. The number of Topliss-reactive ketones (excluding diaryl/α,β-unsaturated/α-hetero) is 1. The Hall–Kier alpha value is -1.51. The lowest BCUT2D eigenvalue weighted by Crippen LogP contribution is -2.60. The average molecular weight is 273 g/mol. The number of piperidine rings is 2. The Morgan fingerprint density at radius 3 is 2.90 bits per heavy atom. The molecule has 1 unspecified atom stereocenters. The summed E-state index contributed by atoms with van der Waals surface area (Å²) in [6.07, 6.45) is 1.72. The summed E-state index contributed by atoms with van der Waals surface area (Å²) >= 11 is 0. The molecule has 0 spiro atoms. The van der Waals surface area contributed by atoms with Gasteiger partial charge in [-0.05, 0) is 30.9 Å². The van der Waals surface area contributed by atoms with Crippen LogP contribution in [0.1, 0.15) is 33.6 Å². The lowest BCUT2D eigenvalue weighted by atomic mass is 9.64. The highest BCUT2D eigenvalue weighted by Gasteiger charge is 2.49. The van der Waals surface area contributed by atoms with Crippen molar-refractivity contribution in [2.75, 3.05) is 18.1 Å². The molecule has 0 amide bonds. The lowest BCUT2D eigenvalue weighted by molar-refractivity contribution is -0.130. The zero-order valence-corrected chi connectivity index (χ0v) is 12.6. The van der Waals surface area contributed by atoms with E-state index >= 15 is 0 Å². The summed E-state index contributed by atoms with van der Waals surface area (Å²) in [5.74, 6) is 1.56. The number of ketones is 1. The average Bonchev–Trinajstić information content (AvgIpc) is 2.40. The molecule has 1 aromatic rings. The van der Waals surface area contributed by atoms with Crippen molar-refractivity contribution in [1.82, 2.24) is 0 Å². The number of hydrogen-bond acceptors (Lipinski definition) is 3. The normalized spacial score (nSPS) is 27.8. The van der Waals surface area contributed by atoms with Crippen molar-refractivity contribution in [1.29, 1.82) is 0 Å². The highest BCUT2D eigenvalue weighted by Crippen LogP contribution is 2.46. The van der Waals surface area contributed by atoms with Gasteiger partial charge in [-0.3, -0.25) is 4.79 Å². The Morgan fingerprint density at radius 2 is 2.20 bits per heavy atom. The molecule has 20 heavy (non-hydrogen) atoms. The number of carbonyl (C=O) groups excluding carboxylic acids is 1. The van der Waals surface area contributed by atoms with E-state index in [-0.39, 0.29) is 11.3 Å². The smallest absolute Gasteiger partial charge is 0.139 e. The van der Waals surface area contributed by atoms with Gasteiger partial charge in [-0.2, -0.15) is 0 Å². The second kappa shape index (κ2) is 4.80. The van der Waals surface area contributed by atoms with Crippen molar-refractivity contribution in [3.8, 4) is 5.75 Å². The molecule has 4 rings (SSSR count). The van der Waals surface area contributed by atoms with Gasteiger partial charge in [0.25, 0.3) is 0 Å². The number of hydrogen-bond donors (Lipinski definition) is 0. The van der Waals surface area contributed by atoms with Crippen molar-refractivity contribution in [2.45, 2.75) is 39.7 Å². The van der Waals surface area contributed by atoms with Crippen molar-refractivity contribution >= 4 is 11.5 Å². The number of rotatable bonds is 3. The third-order valence-electron chi connectivity index (χ3n) is 4.78. The summed E-state index contributed by atoms with van der Waals surface area (Å²) in [6.45, 7) is 8.12. The van der Waals surface area contributed by atoms with Crippen LogP contribution in [-0.2, 0) is 4.79 Å². The second-order valence-electron chi connectivity index (χ2n) is 6.66. The highest BCUT2D eigenvalue weighted by molar-refractivity contribution is 5.86. The maximum atomic E-state index is 12.0. The van der Waals surface area contributed by atoms with Crippen LogP contribution in [-0.4, -0.2) is 25.0 Å². The Labute approximate surface area is 120 Å². The summed E-state index contributed by atoms with van der Waals surface area (Å²) < 4.78 is 5.60. The van der Waals surface area contributed by atoms with E-state index in [0.717, 1.165) is 18.7 Å². The van der Waals surface area contributed by atoms with Crippen molar-refractivity contribution in [3.63, 3.8) is 0 Å². The molecule has 2 heterocycles. The zero-order valence-electron chi connectivity index (χ0n) is 12.6. The molecule has 1 aliphatic carbocycles. The van der Waals surface area contributed by atoms with E-state index in [4.69, 9.17) is 4.74 Å². The molecule has 3 nitrogen and oxygen atoms in total. The molecule has 3 fully saturated rings. The molecule has 3 aliphatic rings. The Kier molecular flexibility index (Phi) is 3.23. The van der Waals surface area contributed by atoms with Crippen LogP contribution >= 0.6 is 0 Å². The Balaban J connectivity index is 1.91. The number of ether oxygens (including phenoxy) is 1. The van der Waals surface area contributed by atoms with Crippen LogP contribution in [0.3, 0.4) is 0 Å². The molecule has 2 atom stereocenters. The van der Waals surface area contributed by atoms with Crippen LogP contribution in [0.4, 0.5) is 5.69 Å². The maximum Gasteiger partial charge on any atom is 0.139 e. The fourth-order valence-corrected chi connectivity index (χ4v) is 3.79. The van der Waals surface area contributed by atoms with Gasteiger partial charge in [-0.25, -0.2) is 0 Å². The molecule has 1 aromatic carbocycles. The minimum absolute atomic E-state index is 0.200. The second-order valence-corrected chi connectivity index (χ2v) is 6.66. The van der Waals surface area contributed by atoms with Crippen molar-refractivity contribution in [3.05, 3.63) is 24.3 Å². The van der Waals surface area contributed by atoms with E-state index in [1.54, 1.807) is 0 Å². The van der Waals surface area contributed by atoms with E-state index in [2.05, 4.69) is 30.9 Å². The third-order valence-corrected chi connectivity index (χ3v) is 4.78. The largest absolute Gasteiger partial charge is 0.494 e. The minimum Gasteiger partial charge on any atom is -0.494 e. The number of carbonyl (C=O) groups is 1. The van der Waals surface area contributed by atoms with Crippen molar-refractivity contribution in [2.24, 2.45) is 11.3 Å². The standard InChI is InChI=1S/C17H23NO2/c1-4-20-14-7-5-6-13(8-14)18-11-12-10-17(2,3)16(18)9-15(12)19/h5-8,12,16H,4,9-11H2,1-3H3/t12?,16-/m1/s1. The summed E-state index contributed by atoms with van der Waals surface area (Å²) in [4.78, 5) is 14.5. The summed E-state index contributed by atoms with van der Waals surface area (Å²) in [7, 11) is 0. The first kappa shape index (κ1) is 13.5. The minimum atomic E-state index is 0.200. The number of benzene rings is 1. The fourth-order valence-electron chi connectivity index (χ4n) is 3.79. The zero-order chi connectivity index (χ0) is 14.3. The number of nitrogens with zero attached hydrogens (tertiary/aromatic N) is 1. The van der Waals surface area contributed by atoms with Crippen molar-refractivity contribution < 1.29 is 9.53 Å². The van der Waals surface area contributed by atoms with E-state index < -0.39 is 0 Å². The van der Waals surface area contributed by atoms with Gasteiger partial charge in [0.05, 0.1) is 6.61 Å². The molecule has 108 valence electrons. The van der Waals surface area contributed by atoms with Gasteiger partial charge in [0.15, 0.2) is 0 Å². The molecule has 0 aromatic heterocycles. The van der Waals surface area contributed by atoms with Gasteiger partial charge in [-0.15, -0.1) is 0 Å². The van der Waals surface area contributed by atoms with Crippen LogP contribution in [0.5, 0.6) is 5.75 Å². The predicted molar refractivity (Wildman–Crippen MR) is 80.3 cm³/mol. The monoisotopic (exact) mass is 273 g/mol. The fraction of sp³-hybridized carbons (Fsp3) is 0.588. The van der Waals surface area contributed by atoms with Crippen LogP contribution in [0.15, 0.2) is 24.3 Å². The molecule has 2 bridgehead atoms. The Bertz CT molecular complexity index is 523. The molecule has 0 radical (unpaired) electrons. The first-order valence-corrected chi connectivity index (χ1v) is 7.53. The molecule has 2 saturated heterocycles. The van der Waals surface area contributed by atoms with Gasteiger partial charge in [-0.1, -0.05) is 19.9 Å². The topological polar surface area (TPSA) is 29.5 Å². The highest BCUT2D eigenvalue weighted by atomic mass is 16.5. The van der Waals surface area contributed by atoms with Crippen LogP contribution in [0.2, 0.25) is 0 Å². The van der Waals surface area contributed by atoms with E-state index in [1.165, 1.54) is 5.69 Å². The van der Waals surface area contributed by atoms with Crippen LogP contribution < -0.4 is 9.64 Å². The quantitative estimate of drug-likeness (QED) is 0.846. The lowest BCUT2D eigenvalue weighted by Gasteiger charge is -2.54. The molecule has 3 heteroatoms. The summed E-state index contributed by atoms with van der Waals surface area (Å²) in [5.41, 5.74) is 1.39. The maximum absolute atomic E-state index is 12.0. The predicted octanol–water partition coefficient (Wildman–Crippen LogP) is 3.28. The molecule has 2 aliphatic heterocycles. The van der Waals surface area contributed by atoms with E-state index in [1.807, 2.05) is 19.1 Å². The van der Waals surface area contributed by atoms with Gasteiger partial charge in [0.1, 0.15) is 11.5 Å². The van der Waals surface area contributed by atoms with Gasteiger partial charge in [0.2, 0.25) is 0 Å². The first-order chi connectivity index (χ1) is 9.51. The summed E-state index contributed by atoms with van der Waals surface area (Å²) in [5, 5.41) is 0. The van der Waals surface area contributed by atoms with Gasteiger partial charge in [0, 0.05) is 36.7 Å². The van der Waals surface area contributed by atoms with Crippen LogP contribution in [0, 0.1) is 11.3 Å². The summed E-state index contributed by atoms with van der Waals surface area (Å²) in [6, 6.07) is 8.58. The number of fused-ring (bicyclic) bond motifs is 3. The Morgan fingerprint density at radius 1 is 1.40 bits per heavy atom. The van der Waals surface area contributed by atoms with Gasteiger partial charge >= 0.3 is 0 Å². The third kappa shape index (κ3) is 2.19.